The molecular formula is C15H13ClN4O. The lowest BCUT2D eigenvalue weighted by molar-refractivity contribution is 0.0950. The number of nitrogens with zero attached hydrogens (tertiary/aromatic N) is 2. The lowest BCUT2D eigenvalue weighted by Crippen LogP contribution is -2.23. The fourth-order valence-corrected chi connectivity index (χ4v) is 2.04. The summed E-state index contributed by atoms with van der Waals surface area (Å²) >= 11 is 5.99. The van der Waals surface area contributed by atoms with E-state index in [1.54, 1.807) is 31.3 Å². The molecule has 0 aliphatic heterocycles. The van der Waals surface area contributed by atoms with Gasteiger partial charge in [0.1, 0.15) is 5.82 Å². The molecule has 0 bridgehead atoms. The van der Waals surface area contributed by atoms with E-state index in [0.29, 0.717) is 28.5 Å². The average Bonchev–Trinajstić information content (AvgIpc) is 2.52. The molecule has 0 aliphatic carbocycles. The fourth-order valence-electron chi connectivity index (χ4n) is 1.78. The van der Waals surface area contributed by atoms with E-state index in [1.807, 2.05) is 6.07 Å². The fraction of sp³-hybridized carbons (Fsp3) is 0.133. The number of carbonyl (C=O) groups is 1. The van der Waals surface area contributed by atoms with Gasteiger partial charge in [-0.3, -0.25) is 4.79 Å². The van der Waals surface area contributed by atoms with Crippen LogP contribution >= 0.6 is 11.6 Å². The Hall–Kier alpha value is -2.58. The molecule has 21 heavy (non-hydrogen) atoms. The van der Waals surface area contributed by atoms with Gasteiger partial charge in [0.05, 0.1) is 22.2 Å². The number of nitrogens with one attached hydrogen (secondary N) is 2. The van der Waals surface area contributed by atoms with Crippen LogP contribution in [0.2, 0.25) is 5.02 Å². The van der Waals surface area contributed by atoms with E-state index >= 15 is 0 Å². The second-order valence-corrected chi connectivity index (χ2v) is 4.71. The molecule has 1 amide bonds. The Bertz CT molecular complexity index is 709. The second-order valence-electron chi connectivity index (χ2n) is 4.30. The van der Waals surface area contributed by atoms with Crippen molar-refractivity contribution in [2.24, 2.45) is 0 Å². The summed E-state index contributed by atoms with van der Waals surface area (Å²) in [5.41, 5.74) is 1.80. The van der Waals surface area contributed by atoms with Crippen LogP contribution in [-0.4, -0.2) is 17.9 Å². The molecule has 2 aromatic rings. The standard InChI is InChI=1S/C15H13ClN4O/c1-18-14-13(16)6-12(9-19-14)15(21)20-8-11-4-2-3-10(5-11)7-17/h2-6,9H,8H2,1H3,(H,18,19)(H,20,21). The number of amides is 1. The maximum absolute atomic E-state index is 12.0. The summed E-state index contributed by atoms with van der Waals surface area (Å²) in [7, 11) is 1.70. The van der Waals surface area contributed by atoms with E-state index in [9.17, 15) is 4.79 Å². The quantitative estimate of drug-likeness (QED) is 0.909. The van der Waals surface area contributed by atoms with E-state index in [1.165, 1.54) is 6.20 Å². The molecule has 0 fully saturated rings. The van der Waals surface area contributed by atoms with Gasteiger partial charge < -0.3 is 10.6 Å². The number of rotatable bonds is 4. The first-order valence-corrected chi connectivity index (χ1v) is 6.62. The maximum atomic E-state index is 12.0. The molecule has 0 spiro atoms. The highest BCUT2D eigenvalue weighted by Crippen LogP contribution is 2.19. The molecule has 0 atom stereocenters. The average molecular weight is 301 g/mol. The Balaban J connectivity index is 2.04. The van der Waals surface area contributed by atoms with Gasteiger partial charge in [0.25, 0.3) is 5.91 Å². The number of aromatic nitrogens is 1. The Labute approximate surface area is 127 Å². The highest BCUT2D eigenvalue weighted by atomic mass is 35.5. The number of carbonyl (C=O) groups excluding carboxylic acids is 1. The third kappa shape index (κ3) is 3.71. The molecule has 0 radical (unpaired) electrons. The van der Waals surface area contributed by atoms with Crippen LogP contribution in [-0.2, 0) is 6.54 Å². The molecule has 2 N–H and O–H groups in total. The Morgan fingerprint density at radius 1 is 1.43 bits per heavy atom. The minimum atomic E-state index is -0.269. The normalized spacial score (nSPS) is 9.76. The van der Waals surface area contributed by atoms with E-state index in [0.717, 1.165) is 5.56 Å². The SMILES string of the molecule is CNc1ncc(C(=O)NCc2cccc(C#N)c2)cc1Cl. The Morgan fingerprint density at radius 2 is 2.24 bits per heavy atom. The minimum Gasteiger partial charge on any atom is -0.372 e. The molecule has 0 unspecified atom stereocenters. The summed E-state index contributed by atoms with van der Waals surface area (Å²) in [5.74, 6) is 0.254. The number of halogens is 1. The van der Waals surface area contributed by atoms with Crippen molar-refractivity contribution in [1.82, 2.24) is 10.3 Å². The van der Waals surface area contributed by atoms with Gasteiger partial charge in [-0.15, -0.1) is 0 Å². The molecule has 1 heterocycles. The predicted molar refractivity (Wildman–Crippen MR) is 81.1 cm³/mol. The van der Waals surface area contributed by atoms with Crippen LogP contribution in [0.15, 0.2) is 36.5 Å². The first-order chi connectivity index (χ1) is 10.1. The number of hydrogen-bond acceptors (Lipinski definition) is 4. The topological polar surface area (TPSA) is 77.8 Å². The maximum Gasteiger partial charge on any atom is 0.253 e. The zero-order valence-corrected chi connectivity index (χ0v) is 12.1. The smallest absolute Gasteiger partial charge is 0.253 e. The van der Waals surface area contributed by atoms with Gasteiger partial charge >= 0.3 is 0 Å². The van der Waals surface area contributed by atoms with Crippen molar-refractivity contribution in [3.05, 3.63) is 58.2 Å². The third-order valence-corrected chi connectivity index (χ3v) is 3.14. The number of nitriles is 1. The number of benzene rings is 1. The molecule has 0 saturated carbocycles. The summed E-state index contributed by atoms with van der Waals surface area (Å²) < 4.78 is 0. The zero-order valence-electron chi connectivity index (χ0n) is 11.4. The lowest BCUT2D eigenvalue weighted by Gasteiger charge is -2.07. The zero-order chi connectivity index (χ0) is 15.2. The molecule has 0 saturated heterocycles. The van der Waals surface area contributed by atoms with Crippen LogP contribution in [0, 0.1) is 11.3 Å². The number of pyridine rings is 1. The van der Waals surface area contributed by atoms with E-state index in [-0.39, 0.29) is 5.91 Å². The molecule has 1 aromatic heterocycles. The largest absolute Gasteiger partial charge is 0.372 e. The Morgan fingerprint density at radius 3 is 2.90 bits per heavy atom. The van der Waals surface area contributed by atoms with Gasteiger partial charge in [-0.1, -0.05) is 23.7 Å². The van der Waals surface area contributed by atoms with Gasteiger partial charge in [0, 0.05) is 19.8 Å². The predicted octanol–water partition coefficient (Wildman–Crippen LogP) is 2.58. The van der Waals surface area contributed by atoms with Crippen LogP contribution in [0.1, 0.15) is 21.5 Å². The van der Waals surface area contributed by atoms with Crippen molar-refractivity contribution in [2.45, 2.75) is 6.54 Å². The van der Waals surface area contributed by atoms with Crippen molar-refractivity contribution in [3.8, 4) is 6.07 Å². The van der Waals surface area contributed by atoms with Gasteiger partial charge in [-0.25, -0.2) is 4.98 Å². The number of anilines is 1. The van der Waals surface area contributed by atoms with Crippen molar-refractivity contribution >= 4 is 23.3 Å². The first kappa shape index (κ1) is 14.8. The van der Waals surface area contributed by atoms with Crippen molar-refractivity contribution < 1.29 is 4.79 Å². The first-order valence-electron chi connectivity index (χ1n) is 6.24. The molecule has 106 valence electrons. The van der Waals surface area contributed by atoms with Crippen LogP contribution in [0.3, 0.4) is 0 Å². The van der Waals surface area contributed by atoms with E-state index in [4.69, 9.17) is 16.9 Å². The summed E-state index contributed by atoms with van der Waals surface area (Å²) in [6, 6.07) is 10.7. The van der Waals surface area contributed by atoms with Crippen molar-refractivity contribution in [1.29, 1.82) is 5.26 Å². The van der Waals surface area contributed by atoms with Crippen molar-refractivity contribution in [3.63, 3.8) is 0 Å². The molecule has 5 nitrogen and oxygen atoms in total. The highest BCUT2D eigenvalue weighted by Gasteiger charge is 2.09. The van der Waals surface area contributed by atoms with Crippen LogP contribution in [0.5, 0.6) is 0 Å². The second kappa shape index (κ2) is 6.73. The molecule has 2 rings (SSSR count). The molecular weight excluding hydrogens is 288 g/mol. The number of hydrogen-bond donors (Lipinski definition) is 2. The lowest BCUT2D eigenvalue weighted by atomic mass is 10.1. The summed E-state index contributed by atoms with van der Waals surface area (Å²) in [4.78, 5) is 16.1. The third-order valence-electron chi connectivity index (χ3n) is 2.85. The molecule has 0 aliphatic rings. The molecule has 1 aromatic carbocycles. The van der Waals surface area contributed by atoms with Gasteiger partial charge in [0.15, 0.2) is 0 Å². The Kier molecular flexibility index (Phi) is 4.75. The van der Waals surface area contributed by atoms with Crippen LogP contribution in [0.4, 0.5) is 5.82 Å². The summed E-state index contributed by atoms with van der Waals surface area (Å²) in [6.45, 7) is 0.333. The summed E-state index contributed by atoms with van der Waals surface area (Å²) in [6.07, 6.45) is 1.46. The monoisotopic (exact) mass is 300 g/mol. The van der Waals surface area contributed by atoms with Crippen molar-refractivity contribution in [2.75, 3.05) is 12.4 Å². The van der Waals surface area contributed by atoms with Crippen LogP contribution < -0.4 is 10.6 Å². The van der Waals surface area contributed by atoms with Gasteiger partial charge in [-0.2, -0.15) is 5.26 Å². The van der Waals surface area contributed by atoms with E-state index in [2.05, 4.69) is 21.7 Å². The molecule has 6 heteroatoms. The van der Waals surface area contributed by atoms with Crippen LogP contribution in [0.25, 0.3) is 0 Å². The van der Waals surface area contributed by atoms with Gasteiger partial charge in [0.2, 0.25) is 0 Å². The van der Waals surface area contributed by atoms with E-state index < -0.39 is 0 Å². The highest BCUT2D eigenvalue weighted by molar-refractivity contribution is 6.33. The minimum absolute atomic E-state index is 0.269. The van der Waals surface area contributed by atoms with Gasteiger partial charge in [-0.05, 0) is 23.8 Å². The summed E-state index contributed by atoms with van der Waals surface area (Å²) in [5, 5.41) is 14.8.